The van der Waals surface area contributed by atoms with Crippen molar-refractivity contribution in [3.8, 4) is 0 Å². The first-order valence-corrected chi connectivity index (χ1v) is 4.05. The van der Waals surface area contributed by atoms with E-state index in [1.807, 2.05) is 0 Å². The number of carboxylic acids is 1. The Hall–Kier alpha value is -1.14. The monoisotopic (exact) mass is 207 g/mol. The standard InChI is InChI=1S/C7H13NO4.CH4O/c1-4(8-5(2)9)6(10)3-7(11)12;1-2/h4,6,10H,3H2,1-2H3,(H,8,9)(H,11,12);2H,1H3/t4?,6-;/m1./s1. The topological polar surface area (TPSA) is 107 Å². The highest BCUT2D eigenvalue weighted by atomic mass is 16.4. The van der Waals surface area contributed by atoms with Gasteiger partial charge in [-0.2, -0.15) is 0 Å². The van der Waals surface area contributed by atoms with Crippen molar-refractivity contribution in [2.45, 2.75) is 32.4 Å². The molecule has 2 atom stereocenters. The predicted octanol–water partition coefficient (Wildman–Crippen LogP) is -1.04. The molecule has 0 spiro atoms. The van der Waals surface area contributed by atoms with Crippen LogP contribution in [0.3, 0.4) is 0 Å². The Morgan fingerprint density at radius 2 is 1.79 bits per heavy atom. The minimum absolute atomic E-state index is 0.285. The van der Waals surface area contributed by atoms with Crippen LogP contribution in [0.1, 0.15) is 20.3 Å². The second-order valence-electron chi connectivity index (χ2n) is 2.65. The van der Waals surface area contributed by atoms with Crippen LogP contribution in [0.25, 0.3) is 0 Å². The number of aliphatic hydroxyl groups is 2. The van der Waals surface area contributed by atoms with E-state index >= 15 is 0 Å². The van der Waals surface area contributed by atoms with E-state index in [4.69, 9.17) is 15.3 Å². The van der Waals surface area contributed by atoms with Crippen molar-refractivity contribution < 1.29 is 24.9 Å². The van der Waals surface area contributed by atoms with Crippen molar-refractivity contribution >= 4 is 11.9 Å². The summed E-state index contributed by atoms with van der Waals surface area (Å²) in [4.78, 5) is 20.6. The second kappa shape index (κ2) is 8.46. The van der Waals surface area contributed by atoms with Crippen LogP contribution in [0.15, 0.2) is 0 Å². The number of hydrogen-bond donors (Lipinski definition) is 4. The van der Waals surface area contributed by atoms with Crippen molar-refractivity contribution in [2.75, 3.05) is 7.11 Å². The SMILES string of the molecule is CC(=O)NC(C)[C@H](O)CC(=O)O.CO. The van der Waals surface area contributed by atoms with E-state index < -0.39 is 18.1 Å². The molecule has 0 aliphatic heterocycles. The first-order chi connectivity index (χ1) is 6.43. The van der Waals surface area contributed by atoms with Crippen LogP contribution in [0.2, 0.25) is 0 Å². The van der Waals surface area contributed by atoms with Crippen LogP contribution < -0.4 is 5.32 Å². The molecule has 0 bridgehead atoms. The summed E-state index contributed by atoms with van der Waals surface area (Å²) >= 11 is 0. The molecule has 6 nitrogen and oxygen atoms in total. The van der Waals surface area contributed by atoms with Gasteiger partial charge in [0.2, 0.25) is 5.91 Å². The highest BCUT2D eigenvalue weighted by Gasteiger charge is 2.17. The number of carbonyl (C=O) groups is 2. The highest BCUT2D eigenvalue weighted by Crippen LogP contribution is 1.97. The highest BCUT2D eigenvalue weighted by molar-refractivity contribution is 5.73. The van der Waals surface area contributed by atoms with Crippen molar-refractivity contribution in [1.82, 2.24) is 5.32 Å². The van der Waals surface area contributed by atoms with Gasteiger partial charge in [-0.1, -0.05) is 0 Å². The van der Waals surface area contributed by atoms with Crippen LogP contribution in [-0.2, 0) is 9.59 Å². The zero-order chi connectivity index (χ0) is 11.7. The predicted molar refractivity (Wildman–Crippen MR) is 49.7 cm³/mol. The van der Waals surface area contributed by atoms with Crippen molar-refractivity contribution in [3.63, 3.8) is 0 Å². The van der Waals surface area contributed by atoms with E-state index in [9.17, 15) is 9.59 Å². The zero-order valence-electron chi connectivity index (χ0n) is 8.52. The third-order valence-corrected chi connectivity index (χ3v) is 1.39. The minimum Gasteiger partial charge on any atom is -0.481 e. The Morgan fingerprint density at radius 3 is 2.07 bits per heavy atom. The van der Waals surface area contributed by atoms with Gasteiger partial charge in [0.25, 0.3) is 0 Å². The van der Waals surface area contributed by atoms with Crippen LogP contribution >= 0.6 is 0 Å². The maximum Gasteiger partial charge on any atom is 0.306 e. The number of nitrogens with one attached hydrogen (secondary N) is 1. The molecular formula is C8H17NO5. The molecule has 84 valence electrons. The third kappa shape index (κ3) is 8.95. The Labute approximate surface area is 82.6 Å². The molecule has 0 heterocycles. The summed E-state index contributed by atoms with van der Waals surface area (Å²) in [6.45, 7) is 2.86. The Morgan fingerprint density at radius 1 is 1.36 bits per heavy atom. The lowest BCUT2D eigenvalue weighted by molar-refractivity contribution is -0.140. The average molecular weight is 207 g/mol. The van der Waals surface area contributed by atoms with E-state index in [1.165, 1.54) is 6.92 Å². The molecule has 6 heteroatoms. The summed E-state index contributed by atoms with van der Waals surface area (Å²) in [6.07, 6.45) is -1.40. The van der Waals surface area contributed by atoms with Crippen LogP contribution in [0.5, 0.6) is 0 Å². The van der Waals surface area contributed by atoms with Gasteiger partial charge in [0.05, 0.1) is 18.6 Å². The summed E-state index contributed by atoms with van der Waals surface area (Å²) < 4.78 is 0. The number of carbonyl (C=O) groups excluding carboxylic acids is 1. The molecule has 0 saturated carbocycles. The van der Waals surface area contributed by atoms with E-state index in [1.54, 1.807) is 6.92 Å². The molecule has 14 heavy (non-hydrogen) atoms. The molecule has 0 aliphatic rings. The molecule has 1 amide bonds. The van der Waals surface area contributed by atoms with Crippen molar-refractivity contribution in [1.29, 1.82) is 0 Å². The molecule has 0 fully saturated rings. The van der Waals surface area contributed by atoms with E-state index in [0.717, 1.165) is 7.11 Å². The number of rotatable bonds is 4. The molecular weight excluding hydrogens is 190 g/mol. The lowest BCUT2D eigenvalue weighted by atomic mass is 10.1. The maximum absolute atomic E-state index is 10.5. The van der Waals surface area contributed by atoms with E-state index in [-0.39, 0.29) is 12.3 Å². The third-order valence-electron chi connectivity index (χ3n) is 1.39. The van der Waals surface area contributed by atoms with E-state index in [2.05, 4.69) is 5.32 Å². The normalized spacial score (nSPS) is 13.2. The molecule has 0 saturated heterocycles. The summed E-state index contributed by atoms with van der Waals surface area (Å²) in [7, 11) is 1.00. The van der Waals surface area contributed by atoms with Gasteiger partial charge in [0.15, 0.2) is 0 Å². The van der Waals surface area contributed by atoms with Crippen LogP contribution in [0.4, 0.5) is 0 Å². The van der Waals surface area contributed by atoms with E-state index in [0.29, 0.717) is 0 Å². The summed E-state index contributed by atoms with van der Waals surface area (Å²) in [6, 6.07) is -0.529. The van der Waals surface area contributed by atoms with Gasteiger partial charge in [0, 0.05) is 14.0 Å². The molecule has 0 radical (unpaired) electrons. The molecule has 0 aromatic heterocycles. The number of aliphatic hydroxyl groups excluding tert-OH is 2. The van der Waals surface area contributed by atoms with Gasteiger partial charge in [-0.05, 0) is 6.92 Å². The van der Waals surface area contributed by atoms with Gasteiger partial charge in [0.1, 0.15) is 0 Å². The smallest absolute Gasteiger partial charge is 0.306 e. The quantitative estimate of drug-likeness (QED) is 0.471. The lowest BCUT2D eigenvalue weighted by Gasteiger charge is -2.17. The fraction of sp³-hybridized carbons (Fsp3) is 0.750. The number of carboxylic acid groups (broad SMARTS) is 1. The van der Waals surface area contributed by atoms with Gasteiger partial charge in [-0.3, -0.25) is 9.59 Å². The zero-order valence-corrected chi connectivity index (χ0v) is 8.52. The van der Waals surface area contributed by atoms with Gasteiger partial charge >= 0.3 is 5.97 Å². The van der Waals surface area contributed by atoms with Crippen LogP contribution in [0, 0.1) is 0 Å². The number of aliphatic carboxylic acids is 1. The molecule has 1 unspecified atom stereocenters. The minimum atomic E-state index is -1.08. The molecule has 0 aromatic carbocycles. The molecule has 0 aliphatic carbocycles. The Bertz CT molecular complexity index is 163. The van der Waals surface area contributed by atoms with Crippen LogP contribution in [-0.4, -0.2) is 46.5 Å². The largest absolute Gasteiger partial charge is 0.481 e. The van der Waals surface area contributed by atoms with Gasteiger partial charge in [-0.25, -0.2) is 0 Å². The second-order valence-corrected chi connectivity index (χ2v) is 2.65. The van der Waals surface area contributed by atoms with Crippen molar-refractivity contribution in [3.05, 3.63) is 0 Å². The van der Waals surface area contributed by atoms with Crippen molar-refractivity contribution in [2.24, 2.45) is 0 Å². The Kier molecular flexibility index (Phi) is 9.27. The molecule has 0 rings (SSSR count). The lowest BCUT2D eigenvalue weighted by Crippen LogP contribution is -2.40. The fourth-order valence-corrected chi connectivity index (χ4v) is 0.772. The Balaban J connectivity index is 0. The average Bonchev–Trinajstić information content (AvgIpc) is 2.05. The number of amides is 1. The summed E-state index contributed by atoms with van der Waals surface area (Å²) in [5.74, 6) is -1.37. The fourth-order valence-electron chi connectivity index (χ4n) is 0.772. The first-order valence-electron chi connectivity index (χ1n) is 4.05. The number of hydrogen-bond acceptors (Lipinski definition) is 4. The van der Waals surface area contributed by atoms with Gasteiger partial charge < -0.3 is 20.6 Å². The first kappa shape index (κ1) is 15.3. The molecule has 4 N–H and O–H groups in total. The maximum atomic E-state index is 10.5. The summed E-state index contributed by atoms with van der Waals surface area (Å²) in [5, 5.41) is 26.8. The summed E-state index contributed by atoms with van der Waals surface area (Å²) in [5.41, 5.74) is 0. The van der Waals surface area contributed by atoms with Gasteiger partial charge in [-0.15, -0.1) is 0 Å². The molecule has 0 aromatic rings.